The van der Waals surface area contributed by atoms with Gasteiger partial charge in [0, 0.05) is 18.2 Å². The highest BCUT2D eigenvalue weighted by molar-refractivity contribution is 5.90. The van der Waals surface area contributed by atoms with Crippen molar-refractivity contribution in [1.29, 1.82) is 0 Å². The van der Waals surface area contributed by atoms with Crippen LogP contribution in [0.5, 0.6) is 0 Å². The van der Waals surface area contributed by atoms with Crippen LogP contribution in [0.1, 0.15) is 43.2 Å². The summed E-state index contributed by atoms with van der Waals surface area (Å²) in [6.45, 7) is 1.11. The Kier molecular flexibility index (Phi) is 5.44. The number of carbonyl (C=O) groups excluding carboxylic acids is 1. The Morgan fingerprint density at radius 3 is 2.90 bits per heavy atom. The molecule has 1 saturated heterocycles. The fourth-order valence-corrected chi connectivity index (χ4v) is 3.18. The van der Waals surface area contributed by atoms with Crippen LogP contribution in [-0.2, 0) is 17.6 Å². The van der Waals surface area contributed by atoms with Gasteiger partial charge in [-0.1, -0.05) is 6.07 Å². The lowest BCUT2D eigenvalue weighted by molar-refractivity contribution is -0.116. The van der Waals surface area contributed by atoms with E-state index in [0.29, 0.717) is 12.5 Å². The molecule has 1 unspecified atom stereocenters. The molecule has 0 spiro atoms. The van der Waals surface area contributed by atoms with E-state index in [1.54, 1.807) is 0 Å². The van der Waals surface area contributed by atoms with Crippen LogP contribution in [0.3, 0.4) is 0 Å². The molecule has 1 fully saturated rings. The summed E-state index contributed by atoms with van der Waals surface area (Å²) < 4.78 is 0. The highest BCUT2D eigenvalue weighted by atomic mass is 35.5. The number of aryl methyl sites for hydroxylation is 2. The van der Waals surface area contributed by atoms with Crippen molar-refractivity contribution in [2.45, 2.75) is 51.0 Å². The van der Waals surface area contributed by atoms with Gasteiger partial charge in [0.2, 0.25) is 5.91 Å². The van der Waals surface area contributed by atoms with E-state index in [-0.39, 0.29) is 18.3 Å². The number of hydrogen-bond donors (Lipinski definition) is 2. The standard InChI is InChI=1S/C16H22N2O.ClH/c19-16(9-8-14-5-2-10-17-14)18-15-7-6-12-3-1-4-13(12)11-15;/h6-7,11,14,17H,1-5,8-10H2,(H,18,19);1H. The van der Waals surface area contributed by atoms with Gasteiger partial charge in [0.15, 0.2) is 0 Å². The third kappa shape index (κ3) is 3.74. The van der Waals surface area contributed by atoms with Crippen LogP contribution < -0.4 is 10.6 Å². The number of nitrogens with one attached hydrogen (secondary N) is 2. The van der Waals surface area contributed by atoms with Crippen molar-refractivity contribution < 1.29 is 4.79 Å². The van der Waals surface area contributed by atoms with Crippen molar-refractivity contribution in [1.82, 2.24) is 5.32 Å². The van der Waals surface area contributed by atoms with Crippen LogP contribution in [-0.4, -0.2) is 18.5 Å². The summed E-state index contributed by atoms with van der Waals surface area (Å²) >= 11 is 0. The van der Waals surface area contributed by atoms with E-state index in [4.69, 9.17) is 0 Å². The maximum Gasteiger partial charge on any atom is 0.224 e. The number of benzene rings is 1. The van der Waals surface area contributed by atoms with Crippen LogP contribution in [0.4, 0.5) is 5.69 Å². The minimum atomic E-state index is 0. The van der Waals surface area contributed by atoms with Gasteiger partial charge in [-0.25, -0.2) is 0 Å². The fraction of sp³-hybridized carbons (Fsp3) is 0.562. The lowest BCUT2D eigenvalue weighted by Gasteiger charge is -2.10. The molecule has 1 aliphatic heterocycles. The first-order valence-corrected chi connectivity index (χ1v) is 7.46. The SMILES string of the molecule is Cl.O=C(CCC1CCCN1)Nc1ccc2c(c1)CCC2. The van der Waals surface area contributed by atoms with Gasteiger partial charge in [-0.05, 0) is 68.3 Å². The molecule has 2 aliphatic rings. The molecule has 0 aromatic heterocycles. The van der Waals surface area contributed by atoms with Crippen LogP contribution >= 0.6 is 12.4 Å². The molecule has 1 aromatic rings. The normalized spacial score (nSPS) is 20.3. The summed E-state index contributed by atoms with van der Waals surface area (Å²) in [4.78, 5) is 11.9. The van der Waals surface area contributed by atoms with Crippen LogP contribution in [0, 0.1) is 0 Å². The number of fused-ring (bicyclic) bond motifs is 1. The van der Waals surface area contributed by atoms with Gasteiger partial charge in [0.1, 0.15) is 0 Å². The monoisotopic (exact) mass is 294 g/mol. The summed E-state index contributed by atoms with van der Waals surface area (Å²) in [5.41, 5.74) is 3.83. The molecule has 3 rings (SSSR count). The summed E-state index contributed by atoms with van der Waals surface area (Å²) in [7, 11) is 0. The lowest BCUT2D eigenvalue weighted by atomic mass is 10.1. The lowest BCUT2D eigenvalue weighted by Crippen LogP contribution is -2.23. The zero-order chi connectivity index (χ0) is 13.1. The second-order valence-electron chi connectivity index (χ2n) is 5.72. The zero-order valence-corrected chi connectivity index (χ0v) is 12.6. The molecule has 20 heavy (non-hydrogen) atoms. The Hall–Kier alpha value is -1.06. The third-order valence-corrected chi connectivity index (χ3v) is 4.26. The molecule has 1 aromatic carbocycles. The highest BCUT2D eigenvalue weighted by Crippen LogP contribution is 2.25. The van der Waals surface area contributed by atoms with E-state index in [2.05, 4.69) is 22.8 Å². The van der Waals surface area contributed by atoms with E-state index in [1.807, 2.05) is 6.07 Å². The molecule has 0 bridgehead atoms. The Morgan fingerprint density at radius 1 is 1.25 bits per heavy atom. The zero-order valence-electron chi connectivity index (χ0n) is 11.8. The molecule has 2 N–H and O–H groups in total. The predicted molar refractivity (Wildman–Crippen MR) is 84.6 cm³/mol. The minimum absolute atomic E-state index is 0. The molecule has 1 atom stereocenters. The number of anilines is 1. The number of carbonyl (C=O) groups is 1. The van der Waals surface area contributed by atoms with Crippen molar-refractivity contribution in [2.24, 2.45) is 0 Å². The molecule has 4 heteroatoms. The van der Waals surface area contributed by atoms with Gasteiger partial charge in [-0.15, -0.1) is 12.4 Å². The number of halogens is 1. The van der Waals surface area contributed by atoms with Crippen molar-refractivity contribution in [3.05, 3.63) is 29.3 Å². The van der Waals surface area contributed by atoms with E-state index in [0.717, 1.165) is 25.1 Å². The van der Waals surface area contributed by atoms with Gasteiger partial charge in [-0.3, -0.25) is 4.79 Å². The van der Waals surface area contributed by atoms with Gasteiger partial charge in [0.25, 0.3) is 0 Å². The second kappa shape index (κ2) is 7.09. The maximum atomic E-state index is 11.9. The van der Waals surface area contributed by atoms with Crippen molar-refractivity contribution >= 4 is 24.0 Å². The average Bonchev–Trinajstić information content (AvgIpc) is 3.07. The third-order valence-electron chi connectivity index (χ3n) is 4.26. The van der Waals surface area contributed by atoms with E-state index >= 15 is 0 Å². The Balaban J connectivity index is 0.00000147. The summed E-state index contributed by atoms with van der Waals surface area (Å²) in [5, 5.41) is 6.46. The number of hydrogen-bond acceptors (Lipinski definition) is 2. The molecule has 0 radical (unpaired) electrons. The minimum Gasteiger partial charge on any atom is -0.326 e. The Labute approximate surface area is 126 Å². The van der Waals surface area contributed by atoms with Gasteiger partial charge in [0.05, 0.1) is 0 Å². The topological polar surface area (TPSA) is 41.1 Å². The maximum absolute atomic E-state index is 11.9. The largest absolute Gasteiger partial charge is 0.326 e. The van der Waals surface area contributed by atoms with Crippen LogP contribution in [0.2, 0.25) is 0 Å². The van der Waals surface area contributed by atoms with Crippen LogP contribution in [0.25, 0.3) is 0 Å². The first kappa shape index (κ1) is 15.3. The molecule has 110 valence electrons. The quantitative estimate of drug-likeness (QED) is 0.896. The molecule has 1 amide bonds. The Bertz CT molecular complexity index is 470. The Morgan fingerprint density at radius 2 is 2.10 bits per heavy atom. The summed E-state index contributed by atoms with van der Waals surface area (Å²) in [5.74, 6) is 0.145. The first-order valence-electron chi connectivity index (χ1n) is 7.46. The predicted octanol–water partition coefficient (Wildman–Crippen LogP) is 3.07. The van der Waals surface area contributed by atoms with Gasteiger partial charge < -0.3 is 10.6 Å². The number of rotatable bonds is 4. The fourth-order valence-electron chi connectivity index (χ4n) is 3.18. The molecule has 3 nitrogen and oxygen atoms in total. The molecular weight excluding hydrogens is 272 g/mol. The molecule has 1 heterocycles. The summed E-state index contributed by atoms with van der Waals surface area (Å²) in [6, 6.07) is 6.89. The van der Waals surface area contributed by atoms with Crippen LogP contribution in [0.15, 0.2) is 18.2 Å². The smallest absolute Gasteiger partial charge is 0.224 e. The van der Waals surface area contributed by atoms with E-state index in [9.17, 15) is 4.79 Å². The van der Waals surface area contributed by atoms with Crippen molar-refractivity contribution in [3.8, 4) is 0 Å². The molecular formula is C16H23ClN2O. The van der Waals surface area contributed by atoms with Crippen molar-refractivity contribution in [3.63, 3.8) is 0 Å². The van der Waals surface area contributed by atoms with Gasteiger partial charge in [-0.2, -0.15) is 0 Å². The van der Waals surface area contributed by atoms with E-state index < -0.39 is 0 Å². The highest BCUT2D eigenvalue weighted by Gasteiger charge is 2.16. The molecule has 0 saturated carbocycles. The summed E-state index contributed by atoms with van der Waals surface area (Å²) in [6.07, 6.45) is 7.64. The van der Waals surface area contributed by atoms with Gasteiger partial charge >= 0.3 is 0 Å². The number of amides is 1. The molecule has 1 aliphatic carbocycles. The second-order valence-corrected chi connectivity index (χ2v) is 5.72. The average molecular weight is 295 g/mol. The first-order chi connectivity index (χ1) is 9.31. The van der Waals surface area contributed by atoms with Crippen molar-refractivity contribution in [2.75, 3.05) is 11.9 Å². The van der Waals surface area contributed by atoms with E-state index in [1.165, 1.54) is 36.8 Å².